The Balaban J connectivity index is 0. The van der Waals surface area contributed by atoms with Crippen LogP contribution < -0.4 is 5.32 Å². The van der Waals surface area contributed by atoms with Gasteiger partial charge < -0.3 is 25.1 Å². The number of nitrogens with one attached hydrogen (secondary N) is 1. The van der Waals surface area contributed by atoms with Gasteiger partial charge in [-0.1, -0.05) is 6.92 Å². The number of hydrogen-bond acceptors (Lipinski definition) is 3. The van der Waals surface area contributed by atoms with Crippen molar-refractivity contribution in [2.24, 2.45) is 0 Å². The maximum atomic E-state index is 8.88. The van der Waals surface area contributed by atoms with Gasteiger partial charge in [-0.25, -0.2) is 4.57 Å². The van der Waals surface area contributed by atoms with Crippen molar-refractivity contribution < 1.29 is 24.4 Å². The Morgan fingerprint density at radius 3 is 1.82 bits per heavy atom. The summed E-state index contributed by atoms with van der Waals surface area (Å²) in [6, 6.07) is 0. The van der Waals surface area contributed by atoms with Crippen LogP contribution in [0.25, 0.3) is 0 Å². The molecule has 0 aliphatic heterocycles. The topological polar surface area (TPSA) is 110 Å². The van der Waals surface area contributed by atoms with E-state index in [4.69, 9.17) is 24.4 Å². The van der Waals surface area contributed by atoms with Crippen molar-refractivity contribution in [3.63, 3.8) is 0 Å². The van der Waals surface area contributed by atoms with E-state index in [9.17, 15) is 0 Å². The Labute approximate surface area is 65.1 Å². The molecule has 6 nitrogen and oxygen atoms in total. The molecule has 0 saturated heterocycles. The molecule has 7 heteroatoms. The van der Waals surface area contributed by atoms with Crippen LogP contribution in [0.5, 0.6) is 0 Å². The first kappa shape index (κ1) is 13.6. The zero-order valence-electron chi connectivity index (χ0n) is 6.27. The van der Waals surface area contributed by atoms with Crippen molar-refractivity contribution in [2.45, 2.75) is 6.92 Å². The molecule has 0 heterocycles. The maximum Gasteiger partial charge on any atom is 0.466 e. The molecule has 0 amide bonds. The van der Waals surface area contributed by atoms with Gasteiger partial charge in [-0.15, -0.1) is 0 Å². The van der Waals surface area contributed by atoms with Gasteiger partial charge in [0.15, 0.2) is 0 Å². The van der Waals surface area contributed by atoms with Crippen LogP contribution in [0, 0.1) is 0 Å². The van der Waals surface area contributed by atoms with Crippen molar-refractivity contribution in [3.05, 3.63) is 0 Å². The second kappa shape index (κ2) is 8.13. The lowest BCUT2D eigenvalue weighted by molar-refractivity contribution is 0.275. The van der Waals surface area contributed by atoms with E-state index in [2.05, 4.69) is 5.32 Å². The molecule has 0 aliphatic carbocycles. The van der Waals surface area contributed by atoms with Gasteiger partial charge in [0.1, 0.15) is 0 Å². The summed E-state index contributed by atoms with van der Waals surface area (Å²) in [7, 11) is -4.64. The van der Waals surface area contributed by atoms with E-state index in [1.54, 1.807) is 0 Å². The molecule has 11 heavy (non-hydrogen) atoms. The minimum Gasteiger partial charge on any atom is -0.395 e. The molecular weight excluding hydrogens is 173 g/mol. The maximum absolute atomic E-state index is 8.88. The molecule has 0 aliphatic rings. The predicted octanol–water partition coefficient (Wildman–Crippen LogP) is -1.34. The first-order chi connectivity index (χ1) is 4.91. The molecule has 70 valence electrons. The summed E-state index contributed by atoms with van der Waals surface area (Å²) in [6.07, 6.45) is 0. The van der Waals surface area contributed by atoms with Crippen molar-refractivity contribution in [2.75, 3.05) is 19.7 Å². The van der Waals surface area contributed by atoms with Crippen molar-refractivity contribution in [1.29, 1.82) is 0 Å². The predicted molar refractivity (Wildman–Crippen MR) is 39.9 cm³/mol. The van der Waals surface area contributed by atoms with Gasteiger partial charge in [-0.05, 0) is 6.54 Å². The second-order valence-electron chi connectivity index (χ2n) is 1.59. The lowest BCUT2D eigenvalue weighted by atomic mass is 10.6. The van der Waals surface area contributed by atoms with E-state index in [1.807, 2.05) is 6.92 Å². The summed E-state index contributed by atoms with van der Waals surface area (Å²) in [5.74, 6) is 0. The summed E-state index contributed by atoms with van der Waals surface area (Å²) in [6.45, 7) is 3.92. The number of rotatable bonds is 3. The largest absolute Gasteiger partial charge is 0.466 e. The SMILES string of the molecule is CCNCCO.O=P(O)(O)O. The van der Waals surface area contributed by atoms with Gasteiger partial charge in [0, 0.05) is 6.54 Å². The van der Waals surface area contributed by atoms with Crippen molar-refractivity contribution in [1.82, 2.24) is 5.32 Å². The second-order valence-corrected chi connectivity index (χ2v) is 2.62. The number of phosphoric acid groups is 1. The fourth-order valence-electron chi connectivity index (χ4n) is 0.256. The summed E-state index contributed by atoms with van der Waals surface area (Å²) in [5, 5.41) is 11.1. The molecule has 0 spiro atoms. The highest BCUT2D eigenvalue weighted by Crippen LogP contribution is 2.25. The smallest absolute Gasteiger partial charge is 0.395 e. The molecular formula is C4H14NO5P. The van der Waals surface area contributed by atoms with Crippen LogP contribution in [0.1, 0.15) is 6.92 Å². The Kier molecular flexibility index (Phi) is 10.1. The zero-order chi connectivity index (χ0) is 9.33. The Bertz CT molecular complexity index is 101. The molecule has 0 bridgehead atoms. The Morgan fingerprint density at radius 2 is 1.73 bits per heavy atom. The third-order valence-electron chi connectivity index (χ3n) is 0.539. The molecule has 0 aromatic carbocycles. The minimum atomic E-state index is -4.64. The van der Waals surface area contributed by atoms with Crippen LogP contribution in [0.3, 0.4) is 0 Å². The van der Waals surface area contributed by atoms with Crippen LogP contribution in [0.4, 0.5) is 0 Å². The van der Waals surface area contributed by atoms with Gasteiger partial charge in [0.25, 0.3) is 0 Å². The fraction of sp³-hybridized carbons (Fsp3) is 1.00. The summed E-state index contributed by atoms with van der Waals surface area (Å²) < 4.78 is 8.88. The molecule has 0 aromatic heterocycles. The quantitative estimate of drug-likeness (QED) is 0.276. The minimum absolute atomic E-state index is 0.244. The molecule has 0 rings (SSSR count). The van der Waals surface area contributed by atoms with Crippen LogP contribution >= 0.6 is 7.82 Å². The van der Waals surface area contributed by atoms with Gasteiger partial charge in [-0.3, -0.25) is 0 Å². The summed E-state index contributed by atoms with van der Waals surface area (Å²) in [4.78, 5) is 21.6. The van der Waals surface area contributed by atoms with E-state index >= 15 is 0 Å². The average molecular weight is 187 g/mol. The standard InChI is InChI=1S/C4H11NO.H3O4P/c1-2-5-3-4-6;1-5(2,3)4/h5-6H,2-4H2,1H3;(H3,1,2,3,4). The number of hydrogen-bond donors (Lipinski definition) is 5. The molecule has 0 saturated carbocycles. The Hall–Kier alpha value is 0.0300. The number of likely N-dealkylation sites (N-methyl/N-ethyl adjacent to an activating group) is 1. The highest BCUT2D eigenvalue weighted by molar-refractivity contribution is 7.45. The number of aliphatic hydroxyl groups excluding tert-OH is 1. The van der Waals surface area contributed by atoms with E-state index in [0.717, 1.165) is 13.1 Å². The van der Waals surface area contributed by atoms with E-state index in [0.29, 0.717) is 0 Å². The van der Waals surface area contributed by atoms with Gasteiger partial charge in [0.05, 0.1) is 6.61 Å². The third-order valence-corrected chi connectivity index (χ3v) is 0.539. The van der Waals surface area contributed by atoms with Crippen LogP contribution in [0.2, 0.25) is 0 Å². The van der Waals surface area contributed by atoms with E-state index < -0.39 is 7.82 Å². The molecule has 0 unspecified atom stereocenters. The first-order valence-electron chi connectivity index (χ1n) is 3.01. The normalized spacial score (nSPS) is 10.3. The summed E-state index contributed by atoms with van der Waals surface area (Å²) in [5.41, 5.74) is 0. The Morgan fingerprint density at radius 1 is 1.36 bits per heavy atom. The highest BCUT2D eigenvalue weighted by atomic mass is 31.2. The third kappa shape index (κ3) is 70.4. The van der Waals surface area contributed by atoms with Crippen molar-refractivity contribution >= 4 is 7.82 Å². The zero-order valence-corrected chi connectivity index (χ0v) is 7.16. The van der Waals surface area contributed by atoms with E-state index in [1.165, 1.54) is 0 Å². The van der Waals surface area contributed by atoms with Crippen LogP contribution in [-0.2, 0) is 4.57 Å². The fourth-order valence-corrected chi connectivity index (χ4v) is 0.256. The van der Waals surface area contributed by atoms with Gasteiger partial charge >= 0.3 is 7.82 Å². The van der Waals surface area contributed by atoms with Gasteiger partial charge in [0.2, 0.25) is 0 Å². The molecule has 0 radical (unpaired) electrons. The summed E-state index contributed by atoms with van der Waals surface area (Å²) >= 11 is 0. The van der Waals surface area contributed by atoms with Crippen molar-refractivity contribution in [3.8, 4) is 0 Å². The monoisotopic (exact) mass is 187 g/mol. The highest BCUT2D eigenvalue weighted by Gasteiger charge is 2.00. The average Bonchev–Trinajstić information content (AvgIpc) is 1.79. The van der Waals surface area contributed by atoms with Crippen LogP contribution in [0.15, 0.2) is 0 Å². The molecule has 0 atom stereocenters. The van der Waals surface area contributed by atoms with Gasteiger partial charge in [-0.2, -0.15) is 0 Å². The number of aliphatic hydroxyl groups is 1. The molecule has 0 fully saturated rings. The van der Waals surface area contributed by atoms with Crippen LogP contribution in [-0.4, -0.2) is 39.5 Å². The lowest BCUT2D eigenvalue weighted by Gasteiger charge is -1.91. The molecule has 5 N–H and O–H groups in total. The van der Waals surface area contributed by atoms with E-state index in [-0.39, 0.29) is 6.61 Å². The molecule has 0 aromatic rings. The lowest BCUT2D eigenvalue weighted by Crippen LogP contribution is -2.16. The first-order valence-corrected chi connectivity index (χ1v) is 4.58.